The Morgan fingerprint density at radius 1 is 1.15 bits per heavy atom. The molecule has 9 heteroatoms. The fourth-order valence-corrected chi connectivity index (χ4v) is 3.82. The van der Waals surface area contributed by atoms with Crippen molar-refractivity contribution in [1.82, 2.24) is 15.1 Å². The average molecular weight is 420 g/mol. The van der Waals surface area contributed by atoms with Crippen LogP contribution in [0.15, 0.2) is 18.2 Å². The first-order valence-electron chi connectivity index (χ1n) is 8.76. The molecule has 0 saturated carbocycles. The predicted octanol–water partition coefficient (Wildman–Crippen LogP) is 1.95. The van der Waals surface area contributed by atoms with E-state index in [4.69, 9.17) is 16.3 Å². The van der Waals surface area contributed by atoms with Crippen molar-refractivity contribution in [3.63, 3.8) is 0 Å². The molecular weight excluding hydrogens is 396 g/mol. The van der Waals surface area contributed by atoms with Gasteiger partial charge in [-0.05, 0) is 44.1 Å². The second kappa shape index (κ2) is 9.19. The maximum Gasteiger partial charge on any atom is 0.255 e. The normalized spacial score (nSPS) is 19.4. The molecule has 2 fully saturated rings. The average Bonchev–Trinajstić information content (AvgIpc) is 2.67. The minimum Gasteiger partial charge on any atom is -0.368 e. The van der Waals surface area contributed by atoms with Crippen LogP contribution >= 0.6 is 24.0 Å². The van der Waals surface area contributed by atoms with E-state index < -0.39 is 11.4 Å². The summed E-state index contributed by atoms with van der Waals surface area (Å²) in [4.78, 5) is 29.0. The topological polar surface area (TPSA) is 61.9 Å². The van der Waals surface area contributed by atoms with Gasteiger partial charge in [-0.25, -0.2) is 4.39 Å². The largest absolute Gasteiger partial charge is 0.368 e. The number of piperazine rings is 1. The van der Waals surface area contributed by atoms with Crippen molar-refractivity contribution < 1.29 is 18.7 Å². The van der Waals surface area contributed by atoms with Crippen LogP contribution in [0.1, 0.15) is 23.2 Å². The van der Waals surface area contributed by atoms with Crippen molar-refractivity contribution in [1.29, 1.82) is 0 Å². The van der Waals surface area contributed by atoms with E-state index in [0.29, 0.717) is 39.0 Å². The van der Waals surface area contributed by atoms with Crippen LogP contribution in [-0.4, -0.2) is 73.6 Å². The molecule has 0 bridgehead atoms. The zero-order valence-electron chi connectivity index (χ0n) is 15.2. The molecule has 6 nitrogen and oxygen atoms in total. The van der Waals surface area contributed by atoms with E-state index in [1.165, 1.54) is 12.1 Å². The number of benzene rings is 1. The monoisotopic (exact) mass is 419 g/mol. The van der Waals surface area contributed by atoms with E-state index >= 15 is 0 Å². The number of hydrogen-bond acceptors (Lipinski definition) is 4. The summed E-state index contributed by atoms with van der Waals surface area (Å²) in [7, 11) is 1.58. The van der Waals surface area contributed by atoms with Crippen molar-refractivity contribution in [2.24, 2.45) is 0 Å². The van der Waals surface area contributed by atoms with Crippen molar-refractivity contribution in [3.05, 3.63) is 34.6 Å². The first-order chi connectivity index (χ1) is 12.5. The van der Waals surface area contributed by atoms with Gasteiger partial charge < -0.3 is 19.9 Å². The number of piperidine rings is 1. The summed E-state index contributed by atoms with van der Waals surface area (Å²) in [5.74, 6) is -0.729. The predicted molar refractivity (Wildman–Crippen MR) is 103 cm³/mol. The zero-order chi connectivity index (χ0) is 18.7. The molecule has 3 rings (SSSR count). The van der Waals surface area contributed by atoms with Crippen molar-refractivity contribution in [2.45, 2.75) is 18.4 Å². The molecule has 2 amide bonds. The lowest BCUT2D eigenvalue weighted by Gasteiger charge is -2.42. The standard InChI is InChI=1S/C18H23ClFN3O3.ClH/c1-26-18(4-6-21-7-5-18)17(25)23-10-8-22(9-11-23)16(24)14-3-2-13(20)12-15(14)19;/h2-3,12,21H,4-11H2,1H3;1H. The van der Waals surface area contributed by atoms with Crippen LogP contribution in [-0.2, 0) is 9.53 Å². The summed E-state index contributed by atoms with van der Waals surface area (Å²) in [6.07, 6.45) is 1.29. The maximum absolute atomic E-state index is 13.2. The fourth-order valence-electron chi connectivity index (χ4n) is 3.57. The lowest BCUT2D eigenvalue weighted by Crippen LogP contribution is -2.59. The van der Waals surface area contributed by atoms with E-state index in [0.717, 1.165) is 19.2 Å². The molecule has 0 aliphatic carbocycles. The van der Waals surface area contributed by atoms with Gasteiger partial charge in [-0.3, -0.25) is 9.59 Å². The van der Waals surface area contributed by atoms with E-state index in [1.807, 2.05) is 0 Å². The van der Waals surface area contributed by atoms with Crippen LogP contribution < -0.4 is 5.32 Å². The van der Waals surface area contributed by atoms with Gasteiger partial charge in [0.05, 0.1) is 10.6 Å². The highest BCUT2D eigenvalue weighted by molar-refractivity contribution is 6.33. The molecule has 0 spiro atoms. The number of ether oxygens (including phenoxy) is 1. The summed E-state index contributed by atoms with van der Waals surface area (Å²) in [6.45, 7) is 3.22. The Hall–Kier alpha value is -1.41. The Bertz CT molecular complexity index is 690. The highest BCUT2D eigenvalue weighted by Gasteiger charge is 2.43. The number of carbonyl (C=O) groups excluding carboxylic acids is 2. The number of methoxy groups -OCH3 is 1. The van der Waals surface area contributed by atoms with Gasteiger partial charge in [-0.1, -0.05) is 11.6 Å². The molecular formula is C18H24Cl2FN3O3. The molecule has 0 aromatic heterocycles. The molecule has 2 aliphatic heterocycles. The first-order valence-corrected chi connectivity index (χ1v) is 9.14. The Morgan fingerprint density at radius 3 is 2.30 bits per heavy atom. The Kier molecular flexibility index (Phi) is 7.45. The lowest BCUT2D eigenvalue weighted by molar-refractivity contribution is -0.159. The number of rotatable bonds is 3. The third-order valence-electron chi connectivity index (χ3n) is 5.21. The van der Waals surface area contributed by atoms with Gasteiger partial charge >= 0.3 is 0 Å². The second-order valence-corrected chi connectivity index (χ2v) is 7.06. The molecule has 1 aromatic rings. The third kappa shape index (κ3) is 4.54. The van der Waals surface area contributed by atoms with Crippen LogP contribution in [0.3, 0.4) is 0 Å². The number of halogens is 3. The van der Waals surface area contributed by atoms with Crippen LogP contribution in [0.25, 0.3) is 0 Å². The Balaban J connectivity index is 0.00000261. The highest BCUT2D eigenvalue weighted by Crippen LogP contribution is 2.26. The molecule has 2 heterocycles. The quantitative estimate of drug-likeness (QED) is 0.812. The van der Waals surface area contributed by atoms with Crippen molar-refractivity contribution >= 4 is 35.8 Å². The fraction of sp³-hybridized carbons (Fsp3) is 0.556. The molecule has 1 aromatic carbocycles. The molecule has 0 radical (unpaired) electrons. The minimum atomic E-state index is -0.766. The van der Waals surface area contributed by atoms with Crippen molar-refractivity contribution in [3.8, 4) is 0 Å². The van der Waals surface area contributed by atoms with Crippen LogP contribution in [0.5, 0.6) is 0 Å². The maximum atomic E-state index is 13.2. The summed E-state index contributed by atoms with van der Waals surface area (Å²) in [6, 6.07) is 3.75. The molecule has 1 N–H and O–H groups in total. The molecule has 2 saturated heterocycles. The second-order valence-electron chi connectivity index (χ2n) is 6.66. The van der Waals surface area contributed by atoms with Gasteiger partial charge in [0.2, 0.25) is 0 Å². The van der Waals surface area contributed by atoms with Gasteiger partial charge in [0.1, 0.15) is 11.4 Å². The van der Waals surface area contributed by atoms with Crippen LogP contribution in [0, 0.1) is 5.82 Å². The van der Waals surface area contributed by atoms with Gasteiger partial charge in [-0.15, -0.1) is 12.4 Å². The zero-order valence-corrected chi connectivity index (χ0v) is 16.7. The van der Waals surface area contributed by atoms with E-state index in [2.05, 4.69) is 5.32 Å². The number of hydrogen-bond donors (Lipinski definition) is 1. The summed E-state index contributed by atoms with van der Waals surface area (Å²) in [5.41, 5.74) is -0.489. The minimum absolute atomic E-state index is 0. The van der Waals surface area contributed by atoms with Crippen LogP contribution in [0.4, 0.5) is 4.39 Å². The van der Waals surface area contributed by atoms with E-state index in [9.17, 15) is 14.0 Å². The summed E-state index contributed by atoms with van der Waals surface area (Å²) >= 11 is 5.99. The molecule has 0 atom stereocenters. The number of amides is 2. The van der Waals surface area contributed by atoms with E-state index in [1.54, 1.807) is 16.9 Å². The lowest BCUT2D eigenvalue weighted by atomic mass is 9.90. The van der Waals surface area contributed by atoms with E-state index in [-0.39, 0.29) is 34.8 Å². The number of nitrogens with zero attached hydrogens (tertiary/aromatic N) is 2. The van der Waals surface area contributed by atoms with Gasteiger partial charge in [0.15, 0.2) is 0 Å². The van der Waals surface area contributed by atoms with Gasteiger partial charge in [0.25, 0.3) is 11.8 Å². The smallest absolute Gasteiger partial charge is 0.255 e. The molecule has 0 unspecified atom stereocenters. The Morgan fingerprint density at radius 2 is 1.74 bits per heavy atom. The first kappa shape index (κ1) is 21.9. The van der Waals surface area contributed by atoms with Crippen LogP contribution in [0.2, 0.25) is 5.02 Å². The molecule has 27 heavy (non-hydrogen) atoms. The molecule has 2 aliphatic rings. The summed E-state index contributed by atoms with van der Waals surface area (Å²) < 4.78 is 18.8. The Labute approximate surface area is 169 Å². The number of nitrogens with one attached hydrogen (secondary N) is 1. The summed E-state index contributed by atoms with van der Waals surface area (Å²) in [5, 5.41) is 3.34. The SMILES string of the molecule is COC1(C(=O)N2CCN(C(=O)c3ccc(F)cc3Cl)CC2)CCNCC1.Cl. The molecule has 150 valence electrons. The van der Waals surface area contributed by atoms with Crippen molar-refractivity contribution in [2.75, 3.05) is 46.4 Å². The number of carbonyl (C=O) groups is 2. The van der Waals surface area contributed by atoms with Gasteiger partial charge in [-0.2, -0.15) is 0 Å². The third-order valence-corrected chi connectivity index (χ3v) is 5.52. The van der Waals surface area contributed by atoms with Gasteiger partial charge in [0, 0.05) is 33.3 Å². The highest BCUT2D eigenvalue weighted by atomic mass is 35.5.